The Balaban J connectivity index is 1.64. The molecule has 1 amide bonds. The minimum atomic E-state index is -0.148. The van der Waals surface area contributed by atoms with E-state index in [0.29, 0.717) is 22.2 Å². The van der Waals surface area contributed by atoms with Gasteiger partial charge in [0.15, 0.2) is 0 Å². The van der Waals surface area contributed by atoms with Gasteiger partial charge in [-0.15, -0.1) is 11.3 Å². The van der Waals surface area contributed by atoms with Gasteiger partial charge in [0, 0.05) is 16.3 Å². The first kappa shape index (κ1) is 17.5. The third-order valence-electron chi connectivity index (χ3n) is 3.91. The van der Waals surface area contributed by atoms with E-state index < -0.39 is 0 Å². The predicted octanol–water partition coefficient (Wildman–Crippen LogP) is 5.85. The zero-order chi connectivity index (χ0) is 17.8. The molecule has 0 saturated carbocycles. The van der Waals surface area contributed by atoms with E-state index in [9.17, 15) is 4.79 Å². The van der Waals surface area contributed by atoms with Gasteiger partial charge in [0.25, 0.3) is 5.91 Å². The zero-order valence-electron chi connectivity index (χ0n) is 14.0. The van der Waals surface area contributed by atoms with Crippen molar-refractivity contribution in [3.8, 4) is 5.75 Å². The monoisotopic (exact) mass is 371 g/mol. The molecule has 3 rings (SSSR count). The summed E-state index contributed by atoms with van der Waals surface area (Å²) in [7, 11) is 0. The predicted molar refractivity (Wildman–Crippen MR) is 104 cm³/mol. The van der Waals surface area contributed by atoms with Crippen LogP contribution >= 0.6 is 22.9 Å². The molecule has 1 N–H and O–H groups in total. The molecule has 3 nitrogen and oxygen atoms in total. The number of carbonyl (C=O) groups is 1. The van der Waals surface area contributed by atoms with Gasteiger partial charge >= 0.3 is 0 Å². The van der Waals surface area contributed by atoms with Gasteiger partial charge in [0.2, 0.25) is 0 Å². The number of nitrogens with one attached hydrogen (secondary N) is 1. The fourth-order valence-corrected chi connectivity index (χ4v) is 3.35. The molecule has 0 atom stereocenters. The lowest BCUT2D eigenvalue weighted by molar-refractivity contribution is 0.103. The van der Waals surface area contributed by atoms with Crippen LogP contribution in [0.2, 0.25) is 5.02 Å². The summed E-state index contributed by atoms with van der Waals surface area (Å²) >= 11 is 7.34. The first-order valence-corrected chi connectivity index (χ1v) is 9.12. The van der Waals surface area contributed by atoms with Gasteiger partial charge in [-0.05, 0) is 60.7 Å². The van der Waals surface area contributed by atoms with Crippen molar-refractivity contribution in [2.75, 3.05) is 5.32 Å². The Morgan fingerprint density at radius 2 is 1.96 bits per heavy atom. The number of thiophene rings is 1. The highest BCUT2D eigenvalue weighted by atomic mass is 35.5. The summed E-state index contributed by atoms with van der Waals surface area (Å²) in [4.78, 5) is 13.0. The second-order valence-corrected chi connectivity index (χ2v) is 7.12. The molecule has 25 heavy (non-hydrogen) atoms. The SMILES string of the molecule is Cc1cccc(OCc2csc(C(=O)Nc3cccc(Cl)c3)c2)c1C. The third-order valence-corrected chi connectivity index (χ3v) is 5.12. The maximum atomic E-state index is 12.3. The summed E-state index contributed by atoms with van der Waals surface area (Å²) in [6.45, 7) is 4.54. The molecule has 1 heterocycles. The van der Waals surface area contributed by atoms with Crippen LogP contribution in [0.25, 0.3) is 0 Å². The number of halogens is 1. The van der Waals surface area contributed by atoms with E-state index in [2.05, 4.69) is 18.3 Å². The van der Waals surface area contributed by atoms with Crippen molar-refractivity contribution in [2.24, 2.45) is 0 Å². The lowest BCUT2D eigenvalue weighted by atomic mass is 10.1. The molecule has 0 bridgehead atoms. The molecule has 3 aromatic rings. The highest BCUT2D eigenvalue weighted by Crippen LogP contribution is 2.24. The largest absolute Gasteiger partial charge is 0.489 e. The summed E-state index contributed by atoms with van der Waals surface area (Å²) in [5.41, 5.74) is 3.99. The Bertz CT molecular complexity index is 904. The number of rotatable bonds is 5. The minimum Gasteiger partial charge on any atom is -0.489 e. The van der Waals surface area contributed by atoms with E-state index in [4.69, 9.17) is 16.3 Å². The number of hydrogen-bond acceptors (Lipinski definition) is 3. The van der Waals surface area contributed by atoms with Crippen LogP contribution in [-0.2, 0) is 6.61 Å². The Kier molecular flexibility index (Phi) is 5.41. The summed E-state index contributed by atoms with van der Waals surface area (Å²) in [6, 6.07) is 15.0. The lowest BCUT2D eigenvalue weighted by Gasteiger charge is -2.09. The Labute approximate surface area is 156 Å². The number of ether oxygens (including phenoxy) is 1. The van der Waals surface area contributed by atoms with E-state index in [1.165, 1.54) is 16.9 Å². The summed E-state index contributed by atoms with van der Waals surface area (Å²) in [6.07, 6.45) is 0. The third kappa shape index (κ3) is 4.41. The van der Waals surface area contributed by atoms with Gasteiger partial charge in [-0.3, -0.25) is 4.79 Å². The quantitative estimate of drug-likeness (QED) is 0.610. The van der Waals surface area contributed by atoms with Crippen molar-refractivity contribution in [1.29, 1.82) is 0 Å². The minimum absolute atomic E-state index is 0.148. The maximum absolute atomic E-state index is 12.3. The average molecular weight is 372 g/mol. The topological polar surface area (TPSA) is 38.3 Å². The highest BCUT2D eigenvalue weighted by Gasteiger charge is 2.11. The van der Waals surface area contributed by atoms with Crippen LogP contribution in [0, 0.1) is 13.8 Å². The Morgan fingerprint density at radius 3 is 2.76 bits per heavy atom. The standard InChI is InChI=1S/C20H18ClNO2S/c1-13-5-3-8-18(14(13)2)24-11-15-9-19(25-12-15)20(23)22-17-7-4-6-16(21)10-17/h3-10,12H,11H2,1-2H3,(H,22,23). The number of anilines is 1. The van der Waals surface area contributed by atoms with Gasteiger partial charge in [-0.1, -0.05) is 29.8 Å². The number of amides is 1. The van der Waals surface area contributed by atoms with Crippen molar-refractivity contribution in [2.45, 2.75) is 20.5 Å². The number of hydrogen-bond donors (Lipinski definition) is 1. The number of benzene rings is 2. The molecule has 0 unspecified atom stereocenters. The summed E-state index contributed by atoms with van der Waals surface area (Å²) in [5.74, 6) is 0.724. The molecule has 1 aromatic heterocycles. The molecule has 2 aromatic carbocycles. The second kappa shape index (κ2) is 7.72. The summed E-state index contributed by atoms with van der Waals surface area (Å²) in [5, 5.41) is 5.38. The molecule has 0 radical (unpaired) electrons. The van der Waals surface area contributed by atoms with Crippen molar-refractivity contribution in [3.63, 3.8) is 0 Å². The molecule has 0 fully saturated rings. The van der Waals surface area contributed by atoms with Crippen molar-refractivity contribution < 1.29 is 9.53 Å². The number of aryl methyl sites for hydroxylation is 1. The first-order chi connectivity index (χ1) is 12.0. The van der Waals surface area contributed by atoms with E-state index in [-0.39, 0.29) is 5.91 Å². The Hall–Kier alpha value is -2.30. The normalized spacial score (nSPS) is 10.5. The molecule has 0 saturated heterocycles. The van der Waals surface area contributed by atoms with Crippen LogP contribution in [-0.4, -0.2) is 5.91 Å². The molecule has 0 aliphatic heterocycles. The molecule has 0 aliphatic carbocycles. The fraction of sp³-hybridized carbons (Fsp3) is 0.150. The Morgan fingerprint density at radius 1 is 1.16 bits per heavy atom. The van der Waals surface area contributed by atoms with Crippen molar-refractivity contribution >= 4 is 34.5 Å². The molecule has 0 aliphatic rings. The lowest BCUT2D eigenvalue weighted by Crippen LogP contribution is -2.10. The fourth-order valence-electron chi connectivity index (χ4n) is 2.37. The number of carbonyl (C=O) groups excluding carboxylic acids is 1. The van der Waals surface area contributed by atoms with Gasteiger partial charge in [0.05, 0.1) is 4.88 Å². The second-order valence-electron chi connectivity index (χ2n) is 5.77. The van der Waals surface area contributed by atoms with E-state index in [1.807, 2.05) is 36.6 Å². The zero-order valence-corrected chi connectivity index (χ0v) is 15.6. The van der Waals surface area contributed by atoms with Crippen LogP contribution in [0.15, 0.2) is 53.9 Å². The van der Waals surface area contributed by atoms with Crippen LogP contribution in [0.5, 0.6) is 5.75 Å². The molecular weight excluding hydrogens is 354 g/mol. The molecule has 128 valence electrons. The van der Waals surface area contributed by atoms with Crippen LogP contribution in [0.1, 0.15) is 26.4 Å². The molecule has 0 spiro atoms. The smallest absolute Gasteiger partial charge is 0.265 e. The van der Waals surface area contributed by atoms with Gasteiger partial charge in [0.1, 0.15) is 12.4 Å². The van der Waals surface area contributed by atoms with E-state index in [1.54, 1.807) is 18.2 Å². The van der Waals surface area contributed by atoms with Crippen LogP contribution in [0.3, 0.4) is 0 Å². The van der Waals surface area contributed by atoms with Gasteiger partial charge in [-0.2, -0.15) is 0 Å². The van der Waals surface area contributed by atoms with Crippen LogP contribution in [0.4, 0.5) is 5.69 Å². The van der Waals surface area contributed by atoms with E-state index >= 15 is 0 Å². The van der Waals surface area contributed by atoms with Gasteiger partial charge in [-0.25, -0.2) is 0 Å². The average Bonchev–Trinajstić information content (AvgIpc) is 3.05. The van der Waals surface area contributed by atoms with Crippen molar-refractivity contribution in [3.05, 3.63) is 80.5 Å². The highest BCUT2D eigenvalue weighted by molar-refractivity contribution is 7.12. The molecule has 5 heteroatoms. The van der Waals surface area contributed by atoms with Gasteiger partial charge < -0.3 is 10.1 Å². The first-order valence-electron chi connectivity index (χ1n) is 7.86. The summed E-state index contributed by atoms with van der Waals surface area (Å²) < 4.78 is 5.89. The molecular formula is C20H18ClNO2S. The van der Waals surface area contributed by atoms with Crippen LogP contribution < -0.4 is 10.1 Å². The van der Waals surface area contributed by atoms with Crippen molar-refractivity contribution in [1.82, 2.24) is 0 Å². The van der Waals surface area contributed by atoms with E-state index in [0.717, 1.165) is 16.9 Å². The maximum Gasteiger partial charge on any atom is 0.265 e.